The summed E-state index contributed by atoms with van der Waals surface area (Å²) in [6, 6.07) is 0. The highest BCUT2D eigenvalue weighted by molar-refractivity contribution is 7.91. The van der Waals surface area contributed by atoms with Crippen molar-refractivity contribution in [2.24, 2.45) is 0 Å². The van der Waals surface area contributed by atoms with Crippen molar-refractivity contribution < 1.29 is 18.3 Å². The number of hydrogen-bond donors (Lipinski definition) is 1. The number of sulfonamides is 1. The van der Waals surface area contributed by atoms with E-state index < -0.39 is 16.1 Å². The van der Waals surface area contributed by atoms with Crippen molar-refractivity contribution in [3.05, 3.63) is 11.2 Å². The van der Waals surface area contributed by atoms with Crippen molar-refractivity contribution in [3.8, 4) is 0 Å². The SMILES string of the molecule is Cc1ncc(S(=O)(=O)N2CCOC(CO)C2)s1. The standard InChI is InChI=1S/C9H14N2O4S2/c1-7-10-4-9(16-7)17(13,14)11-2-3-15-8(5-11)6-12/h4,8,12H,2-3,5-6H2,1H3. The lowest BCUT2D eigenvalue weighted by atomic mass is 10.3. The van der Waals surface area contributed by atoms with Crippen LogP contribution >= 0.6 is 11.3 Å². The van der Waals surface area contributed by atoms with Gasteiger partial charge in [-0.2, -0.15) is 4.31 Å². The fourth-order valence-electron chi connectivity index (χ4n) is 1.61. The van der Waals surface area contributed by atoms with E-state index in [9.17, 15) is 8.42 Å². The Morgan fingerprint density at radius 1 is 1.71 bits per heavy atom. The quantitative estimate of drug-likeness (QED) is 0.830. The number of hydrogen-bond acceptors (Lipinski definition) is 6. The minimum Gasteiger partial charge on any atom is -0.394 e. The van der Waals surface area contributed by atoms with Crippen molar-refractivity contribution >= 4 is 21.4 Å². The molecule has 8 heteroatoms. The third-order valence-electron chi connectivity index (χ3n) is 2.50. The first kappa shape index (κ1) is 12.9. The maximum absolute atomic E-state index is 12.2. The first-order valence-electron chi connectivity index (χ1n) is 5.19. The van der Waals surface area contributed by atoms with E-state index in [1.54, 1.807) is 6.92 Å². The summed E-state index contributed by atoms with van der Waals surface area (Å²) in [4.78, 5) is 3.95. The monoisotopic (exact) mass is 278 g/mol. The highest BCUT2D eigenvalue weighted by Crippen LogP contribution is 2.23. The van der Waals surface area contributed by atoms with E-state index >= 15 is 0 Å². The predicted molar refractivity (Wildman–Crippen MR) is 62.4 cm³/mol. The molecule has 1 N–H and O–H groups in total. The Labute approximate surface area is 104 Å². The van der Waals surface area contributed by atoms with E-state index in [4.69, 9.17) is 9.84 Å². The predicted octanol–water partition coefficient (Wildman–Crippen LogP) is -0.167. The Hall–Kier alpha value is -0.540. The van der Waals surface area contributed by atoms with Gasteiger partial charge in [0.1, 0.15) is 0 Å². The summed E-state index contributed by atoms with van der Waals surface area (Å²) >= 11 is 1.15. The van der Waals surface area contributed by atoms with Crippen LogP contribution in [0.5, 0.6) is 0 Å². The Morgan fingerprint density at radius 3 is 3.06 bits per heavy atom. The van der Waals surface area contributed by atoms with Crippen LogP contribution in [0.25, 0.3) is 0 Å². The van der Waals surface area contributed by atoms with Crippen LogP contribution in [0.3, 0.4) is 0 Å². The van der Waals surface area contributed by atoms with Gasteiger partial charge in [-0.15, -0.1) is 11.3 Å². The zero-order valence-corrected chi connectivity index (χ0v) is 11.0. The largest absolute Gasteiger partial charge is 0.394 e. The van der Waals surface area contributed by atoms with Crippen LogP contribution in [0.1, 0.15) is 5.01 Å². The van der Waals surface area contributed by atoms with Crippen molar-refractivity contribution in [2.45, 2.75) is 17.2 Å². The van der Waals surface area contributed by atoms with Crippen LogP contribution in [0.2, 0.25) is 0 Å². The average Bonchev–Trinajstić information content (AvgIpc) is 2.76. The van der Waals surface area contributed by atoms with Gasteiger partial charge in [0.15, 0.2) is 4.21 Å². The molecule has 0 saturated carbocycles. The third-order valence-corrected chi connectivity index (χ3v) is 5.71. The number of rotatable bonds is 3. The molecule has 1 aliphatic heterocycles. The fraction of sp³-hybridized carbons (Fsp3) is 0.667. The molecule has 1 aromatic rings. The first-order valence-corrected chi connectivity index (χ1v) is 7.44. The van der Waals surface area contributed by atoms with Crippen molar-refractivity contribution in [3.63, 3.8) is 0 Å². The number of aromatic nitrogens is 1. The second-order valence-corrected chi connectivity index (χ2v) is 7.14. The Bertz CT molecular complexity index is 485. The van der Waals surface area contributed by atoms with Gasteiger partial charge in [-0.1, -0.05) is 0 Å². The topological polar surface area (TPSA) is 79.7 Å². The molecule has 1 atom stereocenters. The lowest BCUT2D eigenvalue weighted by Crippen LogP contribution is -2.46. The van der Waals surface area contributed by atoms with Crippen molar-refractivity contribution in [1.29, 1.82) is 0 Å². The number of thiazole rings is 1. The molecule has 1 aromatic heterocycles. The molecule has 2 rings (SSSR count). The highest BCUT2D eigenvalue weighted by Gasteiger charge is 2.31. The van der Waals surface area contributed by atoms with Crippen molar-refractivity contribution in [2.75, 3.05) is 26.3 Å². The zero-order valence-electron chi connectivity index (χ0n) is 9.37. The van der Waals surface area contributed by atoms with Gasteiger partial charge in [0.25, 0.3) is 10.0 Å². The summed E-state index contributed by atoms with van der Waals surface area (Å²) in [7, 11) is -3.49. The molecule has 0 aliphatic carbocycles. The van der Waals surface area contributed by atoms with E-state index in [2.05, 4.69) is 4.98 Å². The molecular formula is C9H14N2O4S2. The number of aliphatic hydroxyl groups excluding tert-OH is 1. The maximum atomic E-state index is 12.2. The molecule has 6 nitrogen and oxygen atoms in total. The van der Waals surface area contributed by atoms with Gasteiger partial charge in [-0.3, -0.25) is 0 Å². The Morgan fingerprint density at radius 2 is 2.47 bits per heavy atom. The van der Waals surface area contributed by atoms with Gasteiger partial charge >= 0.3 is 0 Å². The van der Waals surface area contributed by atoms with Gasteiger partial charge in [0.05, 0.1) is 30.5 Å². The third kappa shape index (κ3) is 2.66. The molecule has 0 radical (unpaired) electrons. The van der Waals surface area contributed by atoms with E-state index in [1.165, 1.54) is 10.5 Å². The lowest BCUT2D eigenvalue weighted by molar-refractivity contribution is -0.0304. The van der Waals surface area contributed by atoms with Crippen LogP contribution in [0, 0.1) is 6.92 Å². The summed E-state index contributed by atoms with van der Waals surface area (Å²) in [6.45, 7) is 2.40. The maximum Gasteiger partial charge on any atom is 0.254 e. The number of aliphatic hydroxyl groups is 1. The van der Waals surface area contributed by atoms with Gasteiger partial charge < -0.3 is 9.84 Å². The summed E-state index contributed by atoms with van der Waals surface area (Å²) in [5.74, 6) is 0. The van der Waals surface area contributed by atoms with E-state index in [1.807, 2.05) is 0 Å². The van der Waals surface area contributed by atoms with Crippen LogP contribution in [-0.2, 0) is 14.8 Å². The molecule has 96 valence electrons. The number of nitrogens with zero attached hydrogens (tertiary/aromatic N) is 2. The minimum absolute atomic E-state index is 0.173. The second kappa shape index (κ2) is 4.99. The molecule has 17 heavy (non-hydrogen) atoms. The number of ether oxygens (including phenoxy) is 1. The molecule has 0 bridgehead atoms. The molecule has 1 unspecified atom stereocenters. The number of aryl methyl sites for hydroxylation is 1. The van der Waals surface area contributed by atoms with Crippen molar-refractivity contribution in [1.82, 2.24) is 9.29 Å². The summed E-state index contributed by atoms with van der Waals surface area (Å²) in [5, 5.41) is 9.71. The smallest absolute Gasteiger partial charge is 0.254 e. The molecule has 1 aliphatic rings. The normalized spacial score (nSPS) is 22.8. The Kier molecular flexibility index (Phi) is 3.79. The van der Waals surface area contributed by atoms with E-state index in [-0.39, 0.29) is 17.4 Å². The molecular weight excluding hydrogens is 264 g/mol. The summed E-state index contributed by atoms with van der Waals surface area (Å²) < 4.78 is 31.2. The molecule has 0 aromatic carbocycles. The molecule has 0 amide bonds. The zero-order chi connectivity index (χ0) is 12.5. The minimum atomic E-state index is -3.49. The molecule has 0 spiro atoms. The second-order valence-electron chi connectivity index (χ2n) is 3.74. The van der Waals surface area contributed by atoms with Crippen LogP contribution in [0.4, 0.5) is 0 Å². The van der Waals surface area contributed by atoms with E-state index in [0.29, 0.717) is 13.2 Å². The molecule has 1 saturated heterocycles. The van der Waals surface area contributed by atoms with E-state index in [0.717, 1.165) is 16.3 Å². The molecule has 2 heterocycles. The summed E-state index contributed by atoms with van der Waals surface area (Å²) in [5.41, 5.74) is 0. The summed E-state index contributed by atoms with van der Waals surface area (Å²) in [6.07, 6.45) is 0.936. The van der Waals surface area contributed by atoms with Gasteiger partial charge in [-0.05, 0) is 6.92 Å². The van der Waals surface area contributed by atoms with Crippen LogP contribution < -0.4 is 0 Å². The van der Waals surface area contributed by atoms with Gasteiger partial charge in [0.2, 0.25) is 0 Å². The average molecular weight is 278 g/mol. The van der Waals surface area contributed by atoms with Crippen LogP contribution in [-0.4, -0.2) is 55.2 Å². The fourth-order valence-corrected chi connectivity index (χ4v) is 4.33. The first-order chi connectivity index (χ1) is 8.04. The van der Waals surface area contributed by atoms with Crippen LogP contribution in [0.15, 0.2) is 10.4 Å². The highest BCUT2D eigenvalue weighted by atomic mass is 32.2. The lowest BCUT2D eigenvalue weighted by Gasteiger charge is -2.30. The number of morpholine rings is 1. The van der Waals surface area contributed by atoms with Gasteiger partial charge in [0, 0.05) is 13.1 Å². The van der Waals surface area contributed by atoms with Gasteiger partial charge in [-0.25, -0.2) is 13.4 Å². The Balaban J connectivity index is 2.21. The molecule has 1 fully saturated rings.